The molecule has 0 N–H and O–H groups in total. The Morgan fingerprint density at radius 2 is 1.76 bits per heavy atom. The summed E-state index contributed by atoms with van der Waals surface area (Å²) >= 11 is 3.53. The van der Waals surface area contributed by atoms with Crippen LogP contribution in [0.5, 0.6) is 5.75 Å². The lowest BCUT2D eigenvalue weighted by molar-refractivity contribution is -0.269. The highest BCUT2D eigenvalue weighted by Crippen LogP contribution is 2.36. The zero-order valence-electron chi connectivity index (χ0n) is 20.4. The molecule has 0 saturated heterocycles. The summed E-state index contributed by atoms with van der Waals surface area (Å²) in [5, 5.41) is 5.13. The summed E-state index contributed by atoms with van der Waals surface area (Å²) in [5.74, 6) is -1.34. The fourth-order valence-electron chi connectivity index (χ4n) is 3.76. The maximum Gasteiger partial charge on any atom is 0.363 e. The summed E-state index contributed by atoms with van der Waals surface area (Å²) in [7, 11) is 0. The Morgan fingerprint density at radius 1 is 1.09 bits per heavy atom. The van der Waals surface area contributed by atoms with Gasteiger partial charge in [-0.25, -0.2) is 4.98 Å². The first-order valence-electron chi connectivity index (χ1n) is 11.8. The van der Waals surface area contributed by atoms with E-state index < -0.39 is 5.91 Å². The molecule has 34 heavy (non-hydrogen) atoms. The molecule has 0 fully saturated rings. The van der Waals surface area contributed by atoms with E-state index in [0.29, 0.717) is 12.2 Å². The third-order valence-electron chi connectivity index (χ3n) is 5.94. The number of carbonyl (C=O) groups is 1. The number of nitrogens with zero attached hydrogens (tertiary/aromatic N) is 3. The van der Waals surface area contributed by atoms with E-state index >= 15 is 0 Å². The number of carbonyl (C=O) groups excluding carboxylic acids is 1. The molecular formula is C27H34BrN3O3. The van der Waals surface area contributed by atoms with Crippen molar-refractivity contribution in [3.63, 3.8) is 0 Å². The molecule has 7 heteroatoms. The van der Waals surface area contributed by atoms with Crippen LogP contribution in [0, 0.1) is 11.3 Å². The van der Waals surface area contributed by atoms with Crippen molar-refractivity contribution in [2.24, 2.45) is 11.3 Å². The summed E-state index contributed by atoms with van der Waals surface area (Å²) in [6, 6.07) is 17.9. The molecule has 2 unspecified atom stereocenters. The fraction of sp³-hybridized carbons (Fsp3) is 0.444. The van der Waals surface area contributed by atoms with Gasteiger partial charge in [-0.1, -0.05) is 92.5 Å². The number of alkyl halides is 1. The van der Waals surface area contributed by atoms with Gasteiger partial charge in [0.25, 0.3) is 0 Å². The highest BCUT2D eigenvalue weighted by atomic mass is 79.9. The Labute approximate surface area is 210 Å². The average Bonchev–Trinajstić information content (AvgIpc) is 3.39. The van der Waals surface area contributed by atoms with Gasteiger partial charge in [0.2, 0.25) is 0 Å². The Hall–Kier alpha value is -2.67. The van der Waals surface area contributed by atoms with Crippen molar-refractivity contribution >= 4 is 21.9 Å². The highest BCUT2D eigenvalue weighted by Gasteiger charge is 2.46. The second kappa shape index (κ2) is 11.6. The van der Waals surface area contributed by atoms with Crippen LogP contribution in [-0.2, 0) is 15.4 Å². The van der Waals surface area contributed by atoms with E-state index in [1.807, 2.05) is 49.4 Å². The largest absolute Gasteiger partial charge is 0.434 e. The van der Waals surface area contributed by atoms with Gasteiger partial charge in [0, 0.05) is 11.8 Å². The van der Waals surface area contributed by atoms with Crippen molar-refractivity contribution in [3.05, 3.63) is 67.3 Å². The second-order valence-corrected chi connectivity index (χ2v) is 9.99. The summed E-state index contributed by atoms with van der Waals surface area (Å²) in [6.45, 7) is 8.34. The number of aromatic nitrogens is 3. The van der Waals surface area contributed by atoms with E-state index in [-0.39, 0.29) is 23.7 Å². The topological polar surface area (TPSA) is 66.2 Å². The van der Waals surface area contributed by atoms with Crippen LogP contribution in [-0.4, -0.2) is 26.1 Å². The van der Waals surface area contributed by atoms with E-state index in [1.54, 1.807) is 6.33 Å². The van der Waals surface area contributed by atoms with Crippen LogP contribution in [0.4, 0.5) is 0 Å². The normalized spacial score (nSPS) is 14.3. The highest BCUT2D eigenvalue weighted by molar-refractivity contribution is 9.09. The minimum Gasteiger partial charge on any atom is -0.434 e. The lowest BCUT2D eigenvalue weighted by Gasteiger charge is -2.37. The zero-order valence-corrected chi connectivity index (χ0v) is 22.0. The fourth-order valence-corrected chi connectivity index (χ4v) is 4.04. The number of benzene rings is 2. The van der Waals surface area contributed by atoms with Crippen molar-refractivity contribution in [1.29, 1.82) is 0 Å². The van der Waals surface area contributed by atoms with Crippen LogP contribution < -0.4 is 4.74 Å². The summed E-state index contributed by atoms with van der Waals surface area (Å²) in [6.07, 6.45) is 5.63. The van der Waals surface area contributed by atoms with Gasteiger partial charge in [0.15, 0.2) is 0 Å². The van der Waals surface area contributed by atoms with E-state index in [2.05, 4.69) is 58.9 Å². The molecule has 6 nitrogen and oxygen atoms in total. The van der Waals surface area contributed by atoms with Gasteiger partial charge < -0.3 is 9.47 Å². The monoisotopic (exact) mass is 527 g/mol. The Bertz CT molecular complexity index is 1020. The standard InChI is InChI=1S/C27H34BrN3O3/c1-5-9-21(2)27(31-20-29-19-30-31,34-25(32)16-17-26(3,4)18-28)33-24-14-12-23(13-15-24)22-10-7-6-8-11-22/h6-8,10-15,19-21H,5,9,16-18H2,1-4H3. The van der Waals surface area contributed by atoms with Crippen LogP contribution in [0.2, 0.25) is 0 Å². The minimum absolute atomic E-state index is 0.0158. The average molecular weight is 528 g/mol. The van der Waals surface area contributed by atoms with Gasteiger partial charge in [-0.05, 0) is 41.5 Å². The van der Waals surface area contributed by atoms with Gasteiger partial charge >= 0.3 is 11.9 Å². The third kappa shape index (κ3) is 6.47. The Kier molecular flexibility index (Phi) is 8.89. The van der Waals surface area contributed by atoms with Gasteiger partial charge in [-0.3, -0.25) is 4.79 Å². The van der Waals surface area contributed by atoms with Gasteiger partial charge in [-0.15, -0.1) is 0 Å². The molecule has 3 aromatic rings. The molecule has 1 aromatic heterocycles. The first-order chi connectivity index (χ1) is 16.3. The second-order valence-electron chi connectivity index (χ2n) is 9.42. The number of halogens is 1. The number of hydrogen-bond donors (Lipinski definition) is 0. The van der Waals surface area contributed by atoms with E-state index in [4.69, 9.17) is 9.47 Å². The molecule has 0 aliphatic heterocycles. The van der Waals surface area contributed by atoms with Gasteiger partial charge in [-0.2, -0.15) is 9.78 Å². The minimum atomic E-state index is -1.43. The molecule has 0 radical (unpaired) electrons. The number of ether oxygens (including phenoxy) is 2. The van der Waals surface area contributed by atoms with Crippen molar-refractivity contribution in [2.45, 2.75) is 59.3 Å². The molecule has 3 rings (SSSR count). The molecule has 0 bridgehead atoms. The first-order valence-corrected chi connectivity index (χ1v) is 12.9. The quantitative estimate of drug-likeness (QED) is 0.147. The number of esters is 1. The van der Waals surface area contributed by atoms with Gasteiger partial charge in [0.1, 0.15) is 18.4 Å². The van der Waals surface area contributed by atoms with Crippen molar-refractivity contribution < 1.29 is 14.3 Å². The maximum absolute atomic E-state index is 13.1. The van der Waals surface area contributed by atoms with Crippen LogP contribution in [0.1, 0.15) is 53.4 Å². The molecule has 0 aliphatic carbocycles. The van der Waals surface area contributed by atoms with Crippen LogP contribution in [0.3, 0.4) is 0 Å². The van der Waals surface area contributed by atoms with E-state index in [9.17, 15) is 4.79 Å². The zero-order chi connectivity index (χ0) is 24.6. The molecule has 182 valence electrons. The Morgan fingerprint density at radius 3 is 2.35 bits per heavy atom. The van der Waals surface area contributed by atoms with Crippen molar-refractivity contribution in [2.75, 3.05) is 5.33 Å². The van der Waals surface area contributed by atoms with E-state index in [1.165, 1.54) is 11.0 Å². The SMILES string of the molecule is CCCC(C)C(OC(=O)CCC(C)(C)CBr)(Oc1ccc(-c2ccccc2)cc1)n1cncn1. The van der Waals surface area contributed by atoms with Gasteiger partial charge in [0.05, 0.1) is 5.92 Å². The number of rotatable bonds is 12. The molecule has 2 atom stereocenters. The molecule has 2 aromatic carbocycles. The molecule has 0 aliphatic rings. The number of hydrogen-bond acceptors (Lipinski definition) is 5. The molecule has 1 heterocycles. The van der Waals surface area contributed by atoms with Crippen molar-refractivity contribution in [3.8, 4) is 16.9 Å². The maximum atomic E-state index is 13.1. The summed E-state index contributed by atoms with van der Waals surface area (Å²) in [5.41, 5.74) is 2.18. The third-order valence-corrected chi connectivity index (χ3v) is 7.45. The smallest absolute Gasteiger partial charge is 0.363 e. The van der Waals surface area contributed by atoms with Crippen LogP contribution in [0.15, 0.2) is 67.3 Å². The van der Waals surface area contributed by atoms with Crippen LogP contribution in [0.25, 0.3) is 11.1 Å². The lowest BCUT2D eigenvalue weighted by atomic mass is 9.90. The van der Waals surface area contributed by atoms with Crippen LogP contribution >= 0.6 is 15.9 Å². The van der Waals surface area contributed by atoms with E-state index in [0.717, 1.165) is 29.3 Å². The predicted molar refractivity (Wildman–Crippen MR) is 137 cm³/mol. The Balaban J connectivity index is 1.91. The molecular weight excluding hydrogens is 494 g/mol. The summed E-state index contributed by atoms with van der Waals surface area (Å²) < 4.78 is 14.1. The molecule has 0 spiro atoms. The molecule has 0 amide bonds. The van der Waals surface area contributed by atoms with Crippen molar-refractivity contribution in [1.82, 2.24) is 14.8 Å². The molecule has 0 saturated carbocycles. The lowest BCUT2D eigenvalue weighted by Crippen LogP contribution is -2.50. The summed E-state index contributed by atoms with van der Waals surface area (Å²) in [4.78, 5) is 17.2. The predicted octanol–water partition coefficient (Wildman–Crippen LogP) is 6.82. The first kappa shape index (κ1) is 25.9.